The summed E-state index contributed by atoms with van der Waals surface area (Å²) < 4.78 is 0. The van der Waals surface area contributed by atoms with E-state index in [9.17, 15) is 0 Å². The van der Waals surface area contributed by atoms with E-state index in [-0.39, 0.29) is 0 Å². The molecule has 0 aromatic rings. The molecule has 1 N–H and O–H groups in total. The molecule has 2 nitrogen and oxygen atoms in total. The van der Waals surface area contributed by atoms with E-state index in [2.05, 4.69) is 35.7 Å². The Balaban J connectivity index is 2.14. The zero-order chi connectivity index (χ0) is 6.97. The van der Waals surface area contributed by atoms with Crippen LogP contribution in [0.4, 0.5) is 0 Å². The molecule has 1 saturated heterocycles. The smallest absolute Gasteiger partial charge is 0.0474 e. The minimum absolute atomic E-state index is 0.520. The van der Waals surface area contributed by atoms with Gasteiger partial charge in [-0.2, -0.15) is 0 Å². The molecule has 2 heteroatoms. The first kappa shape index (κ1) is 6.13. The van der Waals surface area contributed by atoms with Crippen molar-refractivity contribution in [1.82, 2.24) is 10.4 Å². The van der Waals surface area contributed by atoms with Gasteiger partial charge in [0, 0.05) is 25.6 Å². The van der Waals surface area contributed by atoms with Gasteiger partial charge in [-0.1, -0.05) is 18.2 Å². The molecule has 10 heavy (non-hydrogen) atoms. The van der Waals surface area contributed by atoms with Crippen LogP contribution in [0.1, 0.15) is 0 Å². The SMILES string of the molecule is CN1CC2C=[C]C=CC2N1. The number of allylic oxidation sites excluding steroid dienone is 2. The summed E-state index contributed by atoms with van der Waals surface area (Å²) in [5, 5.41) is 2.13. The van der Waals surface area contributed by atoms with Gasteiger partial charge in [0.15, 0.2) is 0 Å². The minimum Gasteiger partial charge on any atom is -0.248 e. The van der Waals surface area contributed by atoms with Crippen LogP contribution in [0.5, 0.6) is 0 Å². The first-order chi connectivity index (χ1) is 4.86. The van der Waals surface area contributed by atoms with Crippen molar-refractivity contribution in [3.63, 3.8) is 0 Å². The predicted molar refractivity (Wildman–Crippen MR) is 40.0 cm³/mol. The van der Waals surface area contributed by atoms with E-state index in [1.165, 1.54) is 0 Å². The standard InChI is InChI=1S/C8H11N2/c1-10-6-7-4-2-3-5-8(7)9-10/h3-5,7-9H,6H2,1H3. The summed E-state index contributed by atoms with van der Waals surface area (Å²) in [6, 6.07) is 0.520. The molecular weight excluding hydrogens is 124 g/mol. The number of hydrogen-bond acceptors (Lipinski definition) is 2. The Morgan fingerprint density at radius 2 is 2.60 bits per heavy atom. The molecule has 1 fully saturated rings. The molecule has 1 heterocycles. The third-order valence-corrected chi connectivity index (χ3v) is 2.03. The highest BCUT2D eigenvalue weighted by atomic mass is 15.5. The lowest BCUT2D eigenvalue weighted by Crippen LogP contribution is -2.31. The maximum Gasteiger partial charge on any atom is 0.0474 e. The van der Waals surface area contributed by atoms with Gasteiger partial charge in [-0.15, -0.1) is 0 Å². The number of nitrogens with one attached hydrogen (secondary N) is 1. The van der Waals surface area contributed by atoms with Crippen molar-refractivity contribution in [2.24, 2.45) is 5.92 Å². The van der Waals surface area contributed by atoms with Crippen LogP contribution in [0.25, 0.3) is 0 Å². The second kappa shape index (κ2) is 2.22. The van der Waals surface area contributed by atoms with Crippen molar-refractivity contribution in [3.8, 4) is 0 Å². The summed E-state index contributed by atoms with van der Waals surface area (Å²) in [7, 11) is 2.07. The lowest BCUT2D eigenvalue weighted by molar-refractivity contribution is 0.302. The Hall–Kier alpha value is -0.600. The average molecular weight is 135 g/mol. The van der Waals surface area contributed by atoms with Gasteiger partial charge in [-0.05, 0) is 6.08 Å². The van der Waals surface area contributed by atoms with Gasteiger partial charge < -0.3 is 0 Å². The second-order valence-corrected chi connectivity index (χ2v) is 2.89. The van der Waals surface area contributed by atoms with Crippen LogP contribution < -0.4 is 5.43 Å². The monoisotopic (exact) mass is 135 g/mol. The van der Waals surface area contributed by atoms with Crippen LogP contribution in [0, 0.1) is 12.0 Å². The average Bonchev–Trinajstić information content (AvgIpc) is 2.27. The molecule has 1 radical (unpaired) electrons. The maximum absolute atomic E-state index is 3.33. The van der Waals surface area contributed by atoms with Crippen LogP contribution in [0.2, 0.25) is 0 Å². The van der Waals surface area contributed by atoms with Gasteiger partial charge in [-0.25, -0.2) is 10.4 Å². The lowest BCUT2D eigenvalue weighted by Gasteiger charge is -2.12. The number of hydrazine groups is 1. The highest BCUT2D eigenvalue weighted by Crippen LogP contribution is 2.18. The van der Waals surface area contributed by atoms with E-state index in [4.69, 9.17) is 0 Å². The van der Waals surface area contributed by atoms with Gasteiger partial charge >= 0.3 is 0 Å². The molecule has 1 aliphatic carbocycles. The van der Waals surface area contributed by atoms with Crippen LogP contribution >= 0.6 is 0 Å². The zero-order valence-corrected chi connectivity index (χ0v) is 6.04. The van der Waals surface area contributed by atoms with Crippen LogP contribution in [-0.2, 0) is 0 Å². The number of hydrogen-bond donors (Lipinski definition) is 1. The highest BCUT2D eigenvalue weighted by Gasteiger charge is 2.27. The summed E-state index contributed by atoms with van der Waals surface area (Å²) >= 11 is 0. The summed E-state index contributed by atoms with van der Waals surface area (Å²) in [5.74, 6) is 0.634. The van der Waals surface area contributed by atoms with E-state index in [0.717, 1.165) is 6.54 Å². The molecule has 53 valence electrons. The molecule has 2 aliphatic rings. The Kier molecular flexibility index (Phi) is 1.36. The minimum atomic E-state index is 0.520. The zero-order valence-electron chi connectivity index (χ0n) is 6.04. The molecule has 2 atom stereocenters. The summed E-state index contributed by atoms with van der Waals surface area (Å²) in [6.45, 7) is 1.10. The first-order valence-electron chi connectivity index (χ1n) is 3.59. The Morgan fingerprint density at radius 1 is 1.70 bits per heavy atom. The summed E-state index contributed by atoms with van der Waals surface area (Å²) in [6.07, 6.45) is 9.38. The molecule has 0 saturated carbocycles. The molecule has 2 unspecified atom stereocenters. The number of rotatable bonds is 0. The van der Waals surface area contributed by atoms with E-state index in [0.29, 0.717) is 12.0 Å². The third-order valence-electron chi connectivity index (χ3n) is 2.03. The maximum atomic E-state index is 3.33. The van der Waals surface area contributed by atoms with Gasteiger partial charge in [0.2, 0.25) is 0 Å². The molecule has 2 rings (SSSR count). The molecule has 0 spiro atoms. The lowest BCUT2D eigenvalue weighted by atomic mass is 9.98. The van der Waals surface area contributed by atoms with E-state index in [1.807, 2.05) is 6.08 Å². The van der Waals surface area contributed by atoms with Gasteiger partial charge in [0.25, 0.3) is 0 Å². The fourth-order valence-corrected chi connectivity index (χ4v) is 1.51. The fourth-order valence-electron chi connectivity index (χ4n) is 1.51. The van der Waals surface area contributed by atoms with E-state index >= 15 is 0 Å². The molecule has 0 amide bonds. The van der Waals surface area contributed by atoms with Crippen molar-refractivity contribution in [3.05, 3.63) is 24.3 Å². The van der Waals surface area contributed by atoms with Gasteiger partial charge in [-0.3, -0.25) is 0 Å². The van der Waals surface area contributed by atoms with Crippen molar-refractivity contribution in [2.45, 2.75) is 6.04 Å². The topological polar surface area (TPSA) is 15.3 Å². The van der Waals surface area contributed by atoms with E-state index < -0.39 is 0 Å². The molecule has 0 bridgehead atoms. The summed E-state index contributed by atoms with van der Waals surface area (Å²) in [4.78, 5) is 0. The van der Waals surface area contributed by atoms with Crippen molar-refractivity contribution in [1.29, 1.82) is 0 Å². The van der Waals surface area contributed by atoms with Gasteiger partial charge in [0.05, 0.1) is 0 Å². The van der Waals surface area contributed by atoms with Crippen LogP contribution in [0.15, 0.2) is 18.2 Å². The van der Waals surface area contributed by atoms with Crippen molar-refractivity contribution < 1.29 is 0 Å². The molecule has 1 aliphatic heterocycles. The Bertz CT molecular complexity index is 164. The fraction of sp³-hybridized carbons (Fsp3) is 0.500. The molecule has 0 aromatic carbocycles. The Labute approximate surface area is 61.2 Å². The number of fused-ring (bicyclic) bond motifs is 1. The van der Waals surface area contributed by atoms with Gasteiger partial charge in [0.1, 0.15) is 0 Å². The quantitative estimate of drug-likeness (QED) is 0.515. The second-order valence-electron chi connectivity index (χ2n) is 2.89. The van der Waals surface area contributed by atoms with Crippen molar-refractivity contribution >= 4 is 0 Å². The van der Waals surface area contributed by atoms with Crippen molar-refractivity contribution in [2.75, 3.05) is 13.6 Å². The van der Waals surface area contributed by atoms with Crippen LogP contribution in [-0.4, -0.2) is 24.6 Å². The highest BCUT2D eigenvalue weighted by molar-refractivity contribution is 5.14. The third kappa shape index (κ3) is 0.895. The predicted octanol–water partition coefficient (Wildman–Crippen LogP) is 0.350. The first-order valence-corrected chi connectivity index (χ1v) is 3.59. The normalized spacial score (nSPS) is 38.5. The van der Waals surface area contributed by atoms with E-state index in [1.54, 1.807) is 0 Å². The number of nitrogens with zero attached hydrogens (tertiary/aromatic N) is 1. The summed E-state index contributed by atoms with van der Waals surface area (Å²) in [5.41, 5.74) is 3.33. The molecular formula is C8H11N2. The van der Waals surface area contributed by atoms with Crippen LogP contribution in [0.3, 0.4) is 0 Å². The largest absolute Gasteiger partial charge is 0.248 e. The Morgan fingerprint density at radius 3 is 3.40 bits per heavy atom. The molecule has 0 aromatic heterocycles.